The summed E-state index contributed by atoms with van der Waals surface area (Å²) in [4.78, 5) is 39.8. The van der Waals surface area contributed by atoms with E-state index in [0.717, 1.165) is 24.8 Å². The Morgan fingerprint density at radius 2 is 1.81 bits per heavy atom. The van der Waals surface area contributed by atoms with Crippen molar-refractivity contribution in [2.45, 2.75) is 39.5 Å². The highest BCUT2D eigenvalue weighted by molar-refractivity contribution is 8.26. The summed E-state index contributed by atoms with van der Waals surface area (Å²) in [5.74, 6) is 0.235. The molecule has 32 heavy (non-hydrogen) atoms. The first kappa shape index (κ1) is 25.9. The minimum atomic E-state index is -0.217. The molecule has 9 heteroatoms. The summed E-state index contributed by atoms with van der Waals surface area (Å²) in [6.45, 7) is 5.72. The molecule has 1 fully saturated rings. The highest BCUT2D eigenvalue weighted by Gasteiger charge is 2.31. The highest BCUT2D eigenvalue weighted by atomic mass is 32.2. The van der Waals surface area contributed by atoms with Gasteiger partial charge in [0.1, 0.15) is 10.1 Å². The van der Waals surface area contributed by atoms with Crippen LogP contribution in [0.5, 0.6) is 5.75 Å². The number of likely N-dealkylation sites (N-methyl/N-ethyl adjacent to an activating group) is 1. The first-order chi connectivity index (χ1) is 15.4. The third-order valence-electron chi connectivity index (χ3n) is 5.02. The Balaban J connectivity index is 1.86. The smallest absolute Gasteiger partial charge is 0.305 e. The molecule has 0 spiro atoms. The number of carbonyl (C=O) groups is 3. The van der Waals surface area contributed by atoms with Crippen LogP contribution in [-0.2, 0) is 19.1 Å². The lowest BCUT2D eigenvalue weighted by molar-refractivity contribution is -0.140. The Labute approximate surface area is 199 Å². The Morgan fingerprint density at radius 3 is 2.44 bits per heavy atom. The molecule has 0 saturated carbocycles. The van der Waals surface area contributed by atoms with Gasteiger partial charge < -0.3 is 14.4 Å². The Kier molecular flexibility index (Phi) is 10.7. The molecule has 1 heterocycles. The van der Waals surface area contributed by atoms with E-state index in [-0.39, 0.29) is 24.4 Å². The minimum absolute atomic E-state index is 0.000681. The topological polar surface area (TPSA) is 76.2 Å². The molecule has 1 aromatic rings. The van der Waals surface area contributed by atoms with Gasteiger partial charge in [-0.15, -0.1) is 0 Å². The summed E-state index contributed by atoms with van der Waals surface area (Å²) in [5.41, 5.74) is 0.853. The Morgan fingerprint density at radius 1 is 1.12 bits per heavy atom. The molecule has 0 atom stereocenters. The van der Waals surface area contributed by atoms with Crippen LogP contribution < -0.4 is 4.74 Å². The van der Waals surface area contributed by atoms with E-state index in [1.165, 1.54) is 18.9 Å². The molecule has 0 aliphatic carbocycles. The lowest BCUT2D eigenvalue weighted by Gasteiger charge is -2.18. The van der Waals surface area contributed by atoms with Crippen LogP contribution in [0.3, 0.4) is 0 Å². The van der Waals surface area contributed by atoms with E-state index in [9.17, 15) is 14.4 Å². The van der Waals surface area contributed by atoms with Crippen LogP contribution in [-0.4, -0.2) is 65.3 Å². The van der Waals surface area contributed by atoms with Crippen molar-refractivity contribution in [1.29, 1.82) is 0 Å². The van der Waals surface area contributed by atoms with Crippen molar-refractivity contribution in [3.8, 4) is 5.75 Å². The quantitative estimate of drug-likeness (QED) is 0.195. The molecule has 0 radical (unpaired) electrons. The third kappa shape index (κ3) is 7.63. The second-order valence-corrected chi connectivity index (χ2v) is 8.82. The summed E-state index contributed by atoms with van der Waals surface area (Å²) in [7, 11) is 1.38. The van der Waals surface area contributed by atoms with Gasteiger partial charge in [-0.25, -0.2) is 0 Å². The maximum Gasteiger partial charge on any atom is 0.305 e. The van der Waals surface area contributed by atoms with Gasteiger partial charge in [0.15, 0.2) is 6.61 Å². The fraction of sp³-hybridized carbons (Fsp3) is 0.478. The van der Waals surface area contributed by atoms with Crippen molar-refractivity contribution in [3.63, 3.8) is 0 Å². The maximum atomic E-state index is 12.7. The zero-order valence-electron chi connectivity index (χ0n) is 18.8. The van der Waals surface area contributed by atoms with Crippen LogP contribution in [0.4, 0.5) is 0 Å². The van der Waals surface area contributed by atoms with Crippen molar-refractivity contribution in [2.75, 3.05) is 33.4 Å². The van der Waals surface area contributed by atoms with Crippen LogP contribution in [0.2, 0.25) is 0 Å². The number of ether oxygens (including phenoxy) is 2. The van der Waals surface area contributed by atoms with Gasteiger partial charge in [0.25, 0.3) is 11.8 Å². The average Bonchev–Trinajstić information content (AvgIpc) is 3.06. The monoisotopic (exact) mass is 478 g/mol. The van der Waals surface area contributed by atoms with Crippen LogP contribution in [0, 0.1) is 0 Å². The number of rotatable bonds is 12. The number of methoxy groups -OCH3 is 1. The number of nitrogens with zero attached hydrogens (tertiary/aromatic N) is 2. The number of carbonyl (C=O) groups excluding carboxylic acids is 3. The zero-order valence-corrected chi connectivity index (χ0v) is 20.4. The van der Waals surface area contributed by atoms with Crippen molar-refractivity contribution in [1.82, 2.24) is 9.80 Å². The zero-order chi connectivity index (χ0) is 23.5. The van der Waals surface area contributed by atoms with E-state index < -0.39 is 0 Å². The number of amides is 2. The van der Waals surface area contributed by atoms with Crippen molar-refractivity contribution in [3.05, 3.63) is 34.7 Å². The summed E-state index contributed by atoms with van der Waals surface area (Å²) in [6, 6.07) is 7.25. The summed E-state index contributed by atoms with van der Waals surface area (Å²) < 4.78 is 10.7. The highest BCUT2D eigenvalue weighted by Crippen LogP contribution is 2.33. The Hall–Kier alpha value is -2.39. The summed E-state index contributed by atoms with van der Waals surface area (Å²) >= 11 is 6.66. The number of benzene rings is 1. The van der Waals surface area contributed by atoms with Gasteiger partial charge in [-0.2, -0.15) is 0 Å². The predicted octanol–water partition coefficient (Wildman–Crippen LogP) is 3.87. The summed E-state index contributed by atoms with van der Waals surface area (Å²) in [6.07, 6.45) is 4.52. The predicted molar refractivity (Wildman–Crippen MR) is 130 cm³/mol. The molecule has 1 aromatic carbocycles. The number of hydrogen-bond donors (Lipinski definition) is 0. The second kappa shape index (κ2) is 13.2. The van der Waals surface area contributed by atoms with E-state index in [1.807, 2.05) is 26.0 Å². The molecular weight excluding hydrogens is 448 g/mol. The largest absolute Gasteiger partial charge is 0.484 e. The lowest BCUT2D eigenvalue weighted by atomic mass is 10.2. The molecule has 0 bridgehead atoms. The van der Waals surface area contributed by atoms with E-state index in [1.54, 1.807) is 28.0 Å². The summed E-state index contributed by atoms with van der Waals surface area (Å²) in [5, 5.41) is 0. The standard InChI is InChI=1S/C23H30N2O5S2/c1-4-24(5-2)20(26)16-30-18-12-10-17(11-13-18)15-19-22(28)25(23(31)32-19)14-8-6-7-9-21(27)29-3/h10-13,15H,4-9,14,16H2,1-3H3/b19-15+. The lowest BCUT2D eigenvalue weighted by Crippen LogP contribution is -2.34. The van der Waals surface area contributed by atoms with Crippen LogP contribution >= 0.6 is 24.0 Å². The molecule has 1 aliphatic rings. The van der Waals surface area contributed by atoms with E-state index in [2.05, 4.69) is 4.74 Å². The normalized spacial score (nSPS) is 14.7. The minimum Gasteiger partial charge on any atom is -0.484 e. The number of esters is 1. The first-order valence-electron chi connectivity index (χ1n) is 10.7. The van der Waals surface area contributed by atoms with Gasteiger partial charge in [0.05, 0.1) is 12.0 Å². The molecular formula is C23H30N2O5S2. The van der Waals surface area contributed by atoms with Crippen molar-refractivity contribution in [2.24, 2.45) is 0 Å². The Bertz CT molecular complexity index is 850. The molecule has 174 valence electrons. The van der Waals surface area contributed by atoms with Gasteiger partial charge in [0, 0.05) is 26.1 Å². The van der Waals surface area contributed by atoms with Gasteiger partial charge in [-0.3, -0.25) is 19.3 Å². The van der Waals surface area contributed by atoms with E-state index >= 15 is 0 Å². The van der Waals surface area contributed by atoms with E-state index in [0.29, 0.717) is 41.0 Å². The maximum absolute atomic E-state index is 12.7. The molecule has 7 nitrogen and oxygen atoms in total. The second-order valence-electron chi connectivity index (χ2n) is 7.14. The van der Waals surface area contributed by atoms with Gasteiger partial charge >= 0.3 is 5.97 Å². The molecule has 0 unspecified atom stereocenters. The number of hydrogen-bond acceptors (Lipinski definition) is 7. The number of unbranched alkanes of at least 4 members (excludes halogenated alkanes) is 2. The fourth-order valence-corrected chi connectivity index (χ4v) is 4.44. The van der Waals surface area contributed by atoms with Crippen molar-refractivity contribution >= 4 is 52.2 Å². The van der Waals surface area contributed by atoms with Crippen LogP contribution in [0.25, 0.3) is 6.08 Å². The third-order valence-corrected chi connectivity index (χ3v) is 6.40. The van der Waals surface area contributed by atoms with Crippen LogP contribution in [0.15, 0.2) is 29.2 Å². The number of thioether (sulfide) groups is 1. The van der Waals surface area contributed by atoms with Crippen LogP contribution in [0.1, 0.15) is 45.1 Å². The molecule has 2 amide bonds. The molecule has 0 aromatic heterocycles. The van der Waals surface area contributed by atoms with Gasteiger partial charge in [0.2, 0.25) is 0 Å². The molecule has 1 aliphatic heterocycles. The van der Waals surface area contributed by atoms with Gasteiger partial charge in [-0.1, -0.05) is 42.5 Å². The van der Waals surface area contributed by atoms with Crippen molar-refractivity contribution < 1.29 is 23.9 Å². The van der Waals surface area contributed by atoms with Gasteiger partial charge in [-0.05, 0) is 50.5 Å². The average molecular weight is 479 g/mol. The molecule has 1 saturated heterocycles. The fourth-order valence-electron chi connectivity index (χ4n) is 3.14. The van der Waals surface area contributed by atoms with E-state index in [4.69, 9.17) is 17.0 Å². The molecule has 2 rings (SSSR count). The molecule has 0 N–H and O–H groups in total. The first-order valence-corrected chi connectivity index (χ1v) is 11.9. The SMILES string of the molecule is CCN(CC)C(=O)COc1ccc(/C=C2/SC(=S)N(CCCCCC(=O)OC)C2=O)cc1. The number of thiocarbonyl (C=S) groups is 1.